The average Bonchev–Trinajstić information content (AvgIpc) is 3.19. The Hall–Kier alpha value is -3.17. The van der Waals surface area contributed by atoms with Crippen LogP contribution in [0.3, 0.4) is 0 Å². The standard InChI is InChI=1S/C18H18N4O4S/c1-26-17-8-13(5-6-16(17)14-10-21-22-11-14)18(23)20-9-12-3-2-4-15(7-12)27(19,24)25/h2-8,10-11H,9H2,1H3,(H,20,23)(H,21,22)(H2,19,24,25). The molecule has 0 spiro atoms. The van der Waals surface area contributed by atoms with E-state index in [2.05, 4.69) is 15.5 Å². The second-order valence-electron chi connectivity index (χ2n) is 5.78. The Bertz CT molecular complexity index is 1060. The molecule has 0 fully saturated rings. The number of methoxy groups -OCH3 is 1. The summed E-state index contributed by atoms with van der Waals surface area (Å²) >= 11 is 0. The van der Waals surface area contributed by atoms with Crippen molar-refractivity contribution in [3.63, 3.8) is 0 Å². The fourth-order valence-electron chi connectivity index (χ4n) is 2.59. The Balaban J connectivity index is 1.75. The molecule has 3 rings (SSSR count). The lowest BCUT2D eigenvalue weighted by atomic mass is 10.1. The molecule has 0 aliphatic heterocycles. The van der Waals surface area contributed by atoms with Crippen LogP contribution in [0.4, 0.5) is 0 Å². The van der Waals surface area contributed by atoms with E-state index in [9.17, 15) is 13.2 Å². The minimum Gasteiger partial charge on any atom is -0.496 e. The number of primary sulfonamides is 1. The average molecular weight is 386 g/mol. The predicted octanol–water partition coefficient (Wildman–Crippen LogP) is 1.66. The third-order valence-corrected chi connectivity index (χ3v) is 4.86. The predicted molar refractivity (Wildman–Crippen MR) is 99.6 cm³/mol. The Morgan fingerprint density at radius 1 is 1.26 bits per heavy atom. The maximum atomic E-state index is 12.4. The lowest BCUT2D eigenvalue weighted by molar-refractivity contribution is 0.0950. The van der Waals surface area contributed by atoms with Crippen molar-refractivity contribution in [3.05, 3.63) is 66.0 Å². The van der Waals surface area contributed by atoms with Gasteiger partial charge in [-0.25, -0.2) is 13.6 Å². The highest BCUT2D eigenvalue weighted by Crippen LogP contribution is 2.30. The minimum absolute atomic E-state index is 0.000355. The third kappa shape index (κ3) is 4.33. The number of carbonyl (C=O) groups excluding carboxylic acids is 1. The summed E-state index contributed by atoms with van der Waals surface area (Å²) in [5.74, 6) is 0.230. The minimum atomic E-state index is -3.79. The van der Waals surface area contributed by atoms with Crippen LogP contribution in [0.1, 0.15) is 15.9 Å². The molecular weight excluding hydrogens is 368 g/mol. The van der Waals surface area contributed by atoms with Gasteiger partial charge in [-0.2, -0.15) is 5.10 Å². The van der Waals surface area contributed by atoms with Gasteiger partial charge >= 0.3 is 0 Å². The SMILES string of the molecule is COc1cc(C(=O)NCc2cccc(S(N)(=O)=O)c2)ccc1-c1cn[nH]c1. The molecule has 1 aromatic heterocycles. The van der Waals surface area contributed by atoms with Gasteiger partial charge < -0.3 is 10.1 Å². The number of amides is 1. The first kappa shape index (κ1) is 18.6. The molecular formula is C18H18N4O4S. The fourth-order valence-corrected chi connectivity index (χ4v) is 3.17. The topological polar surface area (TPSA) is 127 Å². The van der Waals surface area contributed by atoms with Crippen molar-refractivity contribution in [2.75, 3.05) is 7.11 Å². The number of aromatic nitrogens is 2. The highest BCUT2D eigenvalue weighted by Gasteiger charge is 2.13. The molecule has 0 aliphatic carbocycles. The number of hydrogen-bond donors (Lipinski definition) is 3. The number of ether oxygens (including phenoxy) is 1. The lowest BCUT2D eigenvalue weighted by Gasteiger charge is -2.10. The monoisotopic (exact) mass is 386 g/mol. The van der Waals surface area contributed by atoms with Crippen LogP contribution in [0.2, 0.25) is 0 Å². The Morgan fingerprint density at radius 2 is 2.07 bits per heavy atom. The number of benzene rings is 2. The van der Waals surface area contributed by atoms with Crippen molar-refractivity contribution in [2.45, 2.75) is 11.4 Å². The van der Waals surface area contributed by atoms with Crippen LogP contribution in [-0.2, 0) is 16.6 Å². The quantitative estimate of drug-likeness (QED) is 0.594. The normalized spacial score (nSPS) is 11.2. The molecule has 4 N–H and O–H groups in total. The molecule has 0 aliphatic rings. The summed E-state index contributed by atoms with van der Waals surface area (Å²) in [6, 6.07) is 11.2. The number of H-pyrrole nitrogens is 1. The number of nitrogens with zero attached hydrogens (tertiary/aromatic N) is 1. The van der Waals surface area contributed by atoms with Crippen molar-refractivity contribution in [1.29, 1.82) is 0 Å². The van der Waals surface area contributed by atoms with Crippen molar-refractivity contribution >= 4 is 15.9 Å². The molecule has 0 saturated carbocycles. The van der Waals surface area contributed by atoms with Crippen molar-refractivity contribution < 1.29 is 17.9 Å². The van der Waals surface area contributed by atoms with Gasteiger partial charge in [0.1, 0.15) is 5.75 Å². The molecule has 0 radical (unpaired) electrons. The van der Waals surface area contributed by atoms with E-state index in [0.29, 0.717) is 16.9 Å². The first-order valence-corrected chi connectivity index (χ1v) is 9.50. The first-order chi connectivity index (χ1) is 12.9. The maximum Gasteiger partial charge on any atom is 0.251 e. The largest absolute Gasteiger partial charge is 0.496 e. The van der Waals surface area contributed by atoms with E-state index in [1.807, 2.05) is 0 Å². The van der Waals surface area contributed by atoms with Gasteiger partial charge in [-0.05, 0) is 35.9 Å². The van der Waals surface area contributed by atoms with Crippen LogP contribution < -0.4 is 15.2 Å². The molecule has 27 heavy (non-hydrogen) atoms. The number of sulfonamides is 1. The number of rotatable bonds is 6. The van der Waals surface area contributed by atoms with E-state index in [0.717, 1.165) is 11.1 Å². The molecule has 140 valence electrons. The summed E-state index contributed by atoms with van der Waals surface area (Å²) in [5, 5.41) is 14.5. The number of hydrogen-bond acceptors (Lipinski definition) is 5. The molecule has 8 nitrogen and oxygen atoms in total. The second-order valence-corrected chi connectivity index (χ2v) is 7.34. The highest BCUT2D eigenvalue weighted by molar-refractivity contribution is 7.89. The van der Waals surface area contributed by atoms with Gasteiger partial charge in [0.15, 0.2) is 0 Å². The number of aromatic amines is 1. The molecule has 9 heteroatoms. The summed E-state index contributed by atoms with van der Waals surface area (Å²) in [4.78, 5) is 12.4. The zero-order chi connectivity index (χ0) is 19.4. The fraction of sp³-hybridized carbons (Fsp3) is 0.111. The molecule has 0 bridgehead atoms. The number of carbonyl (C=O) groups is 1. The summed E-state index contributed by atoms with van der Waals surface area (Å²) < 4.78 is 28.2. The summed E-state index contributed by atoms with van der Waals surface area (Å²) in [5.41, 5.74) is 2.70. The summed E-state index contributed by atoms with van der Waals surface area (Å²) in [6.07, 6.45) is 3.40. The van der Waals surface area contributed by atoms with Crippen molar-refractivity contribution in [3.8, 4) is 16.9 Å². The van der Waals surface area contributed by atoms with E-state index in [1.54, 1.807) is 42.7 Å². The number of nitrogens with two attached hydrogens (primary N) is 1. The van der Waals surface area contributed by atoms with Crippen LogP contribution in [-0.4, -0.2) is 31.6 Å². The van der Waals surface area contributed by atoms with Gasteiger partial charge in [0, 0.05) is 29.4 Å². The second kappa shape index (κ2) is 7.60. The number of nitrogens with one attached hydrogen (secondary N) is 2. The van der Waals surface area contributed by atoms with E-state index < -0.39 is 10.0 Å². The van der Waals surface area contributed by atoms with Gasteiger partial charge in [0.05, 0.1) is 18.2 Å². The van der Waals surface area contributed by atoms with Crippen LogP contribution in [0.5, 0.6) is 5.75 Å². The Labute approximate surface area is 156 Å². The smallest absolute Gasteiger partial charge is 0.251 e. The van der Waals surface area contributed by atoms with Crippen LogP contribution >= 0.6 is 0 Å². The van der Waals surface area contributed by atoms with Crippen molar-refractivity contribution in [1.82, 2.24) is 15.5 Å². The molecule has 0 unspecified atom stereocenters. The molecule has 0 atom stereocenters. The van der Waals surface area contributed by atoms with E-state index in [4.69, 9.17) is 9.88 Å². The van der Waals surface area contributed by atoms with E-state index in [1.165, 1.54) is 19.2 Å². The molecule has 3 aromatic rings. The summed E-state index contributed by atoms with van der Waals surface area (Å²) in [6.45, 7) is 0.161. The highest BCUT2D eigenvalue weighted by atomic mass is 32.2. The van der Waals surface area contributed by atoms with Gasteiger partial charge in [-0.3, -0.25) is 9.89 Å². The van der Waals surface area contributed by atoms with E-state index >= 15 is 0 Å². The Morgan fingerprint density at radius 3 is 2.74 bits per heavy atom. The van der Waals surface area contributed by atoms with E-state index in [-0.39, 0.29) is 17.3 Å². The van der Waals surface area contributed by atoms with Gasteiger partial charge in [-0.15, -0.1) is 0 Å². The van der Waals surface area contributed by atoms with Gasteiger partial charge in [0.25, 0.3) is 5.91 Å². The van der Waals surface area contributed by atoms with Crippen LogP contribution in [0, 0.1) is 0 Å². The first-order valence-electron chi connectivity index (χ1n) is 7.95. The summed E-state index contributed by atoms with van der Waals surface area (Å²) in [7, 11) is -2.26. The maximum absolute atomic E-state index is 12.4. The van der Waals surface area contributed by atoms with Crippen molar-refractivity contribution in [2.24, 2.45) is 5.14 Å². The molecule has 1 amide bonds. The zero-order valence-electron chi connectivity index (χ0n) is 14.5. The molecule has 1 heterocycles. The Kier molecular flexibility index (Phi) is 5.24. The van der Waals surface area contributed by atoms with Gasteiger partial charge in [-0.1, -0.05) is 12.1 Å². The molecule has 2 aromatic carbocycles. The van der Waals surface area contributed by atoms with Gasteiger partial charge in [0.2, 0.25) is 10.0 Å². The lowest BCUT2D eigenvalue weighted by Crippen LogP contribution is -2.23. The molecule has 0 saturated heterocycles. The third-order valence-electron chi connectivity index (χ3n) is 3.95. The van der Waals surface area contributed by atoms with Crippen LogP contribution in [0.15, 0.2) is 59.8 Å². The zero-order valence-corrected chi connectivity index (χ0v) is 15.3. The van der Waals surface area contributed by atoms with Crippen LogP contribution in [0.25, 0.3) is 11.1 Å².